The van der Waals surface area contributed by atoms with Gasteiger partial charge in [0.25, 0.3) is 0 Å². The first-order valence-electron chi connectivity index (χ1n) is 11.1. The van der Waals surface area contributed by atoms with Gasteiger partial charge >= 0.3 is 0 Å². The molecule has 1 fully saturated rings. The van der Waals surface area contributed by atoms with Crippen molar-refractivity contribution in [3.05, 3.63) is 28.8 Å². The smallest absolute Gasteiger partial charge is 0.222 e. The molecule has 1 heterocycles. The molecule has 0 saturated carbocycles. The minimum atomic E-state index is 0.0597. The summed E-state index contributed by atoms with van der Waals surface area (Å²) in [5.74, 6) is 1.79. The largest absolute Gasteiger partial charge is 0.493 e. The van der Waals surface area contributed by atoms with Gasteiger partial charge in [0.1, 0.15) is 5.75 Å². The van der Waals surface area contributed by atoms with Crippen LogP contribution >= 0.6 is 0 Å². The molecule has 0 spiro atoms. The zero-order valence-corrected chi connectivity index (χ0v) is 19.5. The first-order valence-corrected chi connectivity index (χ1v) is 11.1. The molecule has 1 aromatic carbocycles. The lowest BCUT2D eigenvalue weighted by Gasteiger charge is -2.44. The Kier molecular flexibility index (Phi) is 8.97. The van der Waals surface area contributed by atoms with Crippen molar-refractivity contribution in [3.63, 3.8) is 0 Å². The van der Waals surface area contributed by atoms with E-state index in [9.17, 15) is 4.79 Å². The van der Waals surface area contributed by atoms with Gasteiger partial charge in [0.05, 0.1) is 6.61 Å². The summed E-state index contributed by atoms with van der Waals surface area (Å²) in [5.41, 5.74) is 3.97. The number of carbonyl (C=O) groups is 1. The molecule has 1 saturated heterocycles. The van der Waals surface area contributed by atoms with Crippen molar-refractivity contribution in [2.45, 2.75) is 53.5 Å². The molecule has 1 N–H and O–H groups in total. The molecule has 1 unspecified atom stereocenters. The van der Waals surface area contributed by atoms with Crippen molar-refractivity contribution in [2.75, 3.05) is 46.9 Å². The fourth-order valence-corrected chi connectivity index (χ4v) is 3.84. The van der Waals surface area contributed by atoms with Crippen molar-refractivity contribution in [3.8, 4) is 5.75 Å². The van der Waals surface area contributed by atoms with Crippen LogP contribution in [0.1, 0.15) is 56.3 Å². The van der Waals surface area contributed by atoms with E-state index in [1.807, 2.05) is 13.8 Å². The topological polar surface area (TPSA) is 44.8 Å². The Morgan fingerprint density at radius 3 is 2.48 bits per heavy atom. The highest BCUT2D eigenvalue weighted by Gasteiger charge is 2.32. The highest BCUT2D eigenvalue weighted by atomic mass is 16.5. The normalized spacial score (nSPS) is 16.2. The summed E-state index contributed by atoms with van der Waals surface area (Å²) in [5, 5.41) is 3.06. The average Bonchev–Trinajstić information content (AvgIpc) is 2.62. The Hall–Kier alpha value is -1.59. The van der Waals surface area contributed by atoms with Gasteiger partial charge < -0.3 is 15.0 Å². The highest BCUT2D eigenvalue weighted by Crippen LogP contribution is 2.34. The van der Waals surface area contributed by atoms with E-state index in [1.54, 1.807) is 0 Å². The van der Waals surface area contributed by atoms with E-state index in [0.717, 1.165) is 51.4 Å². The number of amides is 1. The fraction of sp³-hybridized carbons (Fsp3) is 0.708. The molecule has 1 atom stereocenters. The van der Waals surface area contributed by atoms with E-state index in [4.69, 9.17) is 4.74 Å². The zero-order valence-electron chi connectivity index (χ0n) is 19.5. The third-order valence-electron chi connectivity index (χ3n) is 6.11. The lowest BCUT2D eigenvalue weighted by molar-refractivity contribution is -0.124. The number of hydrogen-bond acceptors (Lipinski definition) is 4. The van der Waals surface area contributed by atoms with Gasteiger partial charge in [-0.2, -0.15) is 0 Å². The predicted molar refractivity (Wildman–Crippen MR) is 121 cm³/mol. The molecule has 1 amide bonds. The Morgan fingerprint density at radius 1 is 1.17 bits per heavy atom. The molecule has 29 heavy (non-hydrogen) atoms. The second kappa shape index (κ2) is 11.0. The van der Waals surface area contributed by atoms with E-state index >= 15 is 0 Å². The maximum Gasteiger partial charge on any atom is 0.222 e. The molecule has 0 bridgehead atoms. The van der Waals surface area contributed by atoms with Crippen LogP contribution in [0.25, 0.3) is 0 Å². The van der Waals surface area contributed by atoms with Crippen LogP contribution in [0.2, 0.25) is 0 Å². The molecule has 5 nitrogen and oxygen atoms in total. The second-order valence-corrected chi connectivity index (χ2v) is 9.16. The van der Waals surface area contributed by atoms with Crippen LogP contribution in [-0.2, 0) is 4.79 Å². The monoisotopic (exact) mass is 403 g/mol. The number of carbonyl (C=O) groups excluding carboxylic acids is 1. The summed E-state index contributed by atoms with van der Waals surface area (Å²) >= 11 is 0. The van der Waals surface area contributed by atoms with Crippen LogP contribution in [0.15, 0.2) is 12.1 Å². The van der Waals surface area contributed by atoms with Crippen LogP contribution in [0.4, 0.5) is 0 Å². The maximum atomic E-state index is 11.7. The summed E-state index contributed by atoms with van der Waals surface area (Å²) in [7, 11) is 4.21. The number of ether oxygens (including phenoxy) is 1. The standard InChI is InChI=1S/C24H41N3O2/c1-17(2)24(28)25-14-21-15-27(16-21)20(5)22-10-11-23(19(4)18(22)3)29-13-9-8-12-26(6)7/h10-11,17,20-21H,8-9,12-16H2,1-7H3,(H,25,28). The Labute approximate surface area is 177 Å². The number of unbranched alkanes of at least 4 members (excludes halogenated alkanes) is 1. The van der Waals surface area contributed by atoms with E-state index in [0.29, 0.717) is 12.0 Å². The van der Waals surface area contributed by atoms with Crippen LogP contribution < -0.4 is 10.1 Å². The van der Waals surface area contributed by atoms with Gasteiger partial charge in [-0.1, -0.05) is 19.9 Å². The van der Waals surface area contributed by atoms with Crippen LogP contribution in [0, 0.1) is 25.7 Å². The summed E-state index contributed by atoms with van der Waals surface area (Å²) in [4.78, 5) is 16.4. The molecule has 1 aromatic rings. The molecule has 1 aliphatic rings. The quantitative estimate of drug-likeness (QED) is 0.571. The first-order chi connectivity index (χ1) is 13.7. The number of benzene rings is 1. The Balaban J connectivity index is 1.83. The minimum absolute atomic E-state index is 0.0597. The Bertz CT molecular complexity index is 666. The van der Waals surface area contributed by atoms with Gasteiger partial charge in [-0.05, 0) is 77.0 Å². The summed E-state index contributed by atoms with van der Waals surface area (Å²) in [6.07, 6.45) is 2.24. The Morgan fingerprint density at radius 2 is 1.86 bits per heavy atom. The van der Waals surface area contributed by atoms with Gasteiger partial charge in [0.2, 0.25) is 5.91 Å². The van der Waals surface area contributed by atoms with Crippen molar-refractivity contribution in [1.82, 2.24) is 15.1 Å². The average molecular weight is 404 g/mol. The molecule has 164 valence electrons. The maximum absolute atomic E-state index is 11.7. The molecule has 2 rings (SSSR count). The third-order valence-corrected chi connectivity index (χ3v) is 6.11. The number of likely N-dealkylation sites (tertiary alicyclic amines) is 1. The van der Waals surface area contributed by atoms with Crippen molar-refractivity contribution >= 4 is 5.91 Å². The highest BCUT2D eigenvalue weighted by molar-refractivity contribution is 5.77. The van der Waals surface area contributed by atoms with E-state index < -0.39 is 0 Å². The molecule has 1 aliphatic heterocycles. The molecule has 0 aliphatic carbocycles. The van der Waals surface area contributed by atoms with Crippen LogP contribution in [-0.4, -0.2) is 62.6 Å². The van der Waals surface area contributed by atoms with Gasteiger partial charge in [-0.3, -0.25) is 9.69 Å². The number of rotatable bonds is 11. The van der Waals surface area contributed by atoms with E-state index in [1.165, 1.54) is 16.7 Å². The number of hydrogen-bond donors (Lipinski definition) is 1. The van der Waals surface area contributed by atoms with E-state index in [-0.39, 0.29) is 11.8 Å². The molecule has 5 heteroatoms. The van der Waals surface area contributed by atoms with Crippen molar-refractivity contribution in [1.29, 1.82) is 0 Å². The lowest BCUT2D eigenvalue weighted by atomic mass is 9.91. The number of nitrogens with one attached hydrogen (secondary N) is 1. The predicted octanol–water partition coefficient (Wildman–Crippen LogP) is 3.79. The zero-order chi connectivity index (χ0) is 21.6. The van der Waals surface area contributed by atoms with Crippen LogP contribution in [0.3, 0.4) is 0 Å². The van der Waals surface area contributed by atoms with Crippen molar-refractivity contribution in [2.24, 2.45) is 11.8 Å². The number of nitrogens with zero attached hydrogens (tertiary/aromatic N) is 2. The summed E-state index contributed by atoms with van der Waals surface area (Å²) < 4.78 is 6.05. The molecule has 0 aromatic heterocycles. The lowest BCUT2D eigenvalue weighted by Crippen LogP contribution is -2.52. The van der Waals surface area contributed by atoms with Gasteiger partial charge in [0.15, 0.2) is 0 Å². The van der Waals surface area contributed by atoms with Gasteiger partial charge in [0, 0.05) is 37.5 Å². The van der Waals surface area contributed by atoms with Crippen molar-refractivity contribution < 1.29 is 9.53 Å². The summed E-state index contributed by atoms with van der Waals surface area (Å²) in [6, 6.07) is 4.76. The fourth-order valence-electron chi connectivity index (χ4n) is 3.84. The molecular formula is C24H41N3O2. The minimum Gasteiger partial charge on any atom is -0.493 e. The summed E-state index contributed by atoms with van der Waals surface area (Å²) in [6.45, 7) is 15.3. The SMILES string of the molecule is Cc1c(OCCCCN(C)C)ccc(C(C)N2CC(CNC(=O)C(C)C)C2)c1C. The van der Waals surface area contributed by atoms with Gasteiger partial charge in [-0.15, -0.1) is 0 Å². The molecular weight excluding hydrogens is 362 g/mol. The van der Waals surface area contributed by atoms with Crippen LogP contribution in [0.5, 0.6) is 5.75 Å². The second-order valence-electron chi connectivity index (χ2n) is 9.16. The van der Waals surface area contributed by atoms with E-state index in [2.05, 4.69) is 62.1 Å². The third kappa shape index (κ3) is 6.71. The van der Waals surface area contributed by atoms with Gasteiger partial charge in [-0.25, -0.2) is 0 Å². The first kappa shape index (κ1) is 23.7. The molecule has 0 radical (unpaired) electrons.